The molecule has 2 aromatic rings. The minimum Gasteiger partial charge on any atom is -0.306 e. The van der Waals surface area contributed by atoms with Gasteiger partial charge < -0.3 is 4.90 Å². The SMILES string of the molecule is Cc1cc(C)cc(-c2cncc(CN(C)C3CCN(C)CC3)c2)c1. The zero-order chi connectivity index (χ0) is 17.1. The Morgan fingerprint density at radius 1 is 1.00 bits per heavy atom. The van der Waals surface area contributed by atoms with Crippen LogP contribution in [0.15, 0.2) is 36.7 Å². The molecule has 0 amide bonds. The highest BCUT2D eigenvalue weighted by Gasteiger charge is 2.20. The molecule has 1 aliphatic rings. The first-order chi connectivity index (χ1) is 11.5. The van der Waals surface area contributed by atoms with Crippen LogP contribution in [0.1, 0.15) is 29.5 Å². The average molecular weight is 323 g/mol. The first-order valence-corrected chi connectivity index (χ1v) is 8.92. The van der Waals surface area contributed by atoms with Crippen LogP contribution in [-0.4, -0.2) is 48.0 Å². The number of likely N-dealkylation sites (tertiary alicyclic amines) is 1. The highest BCUT2D eigenvalue weighted by atomic mass is 15.2. The van der Waals surface area contributed by atoms with E-state index in [1.807, 2.05) is 12.4 Å². The Labute approximate surface area is 146 Å². The smallest absolute Gasteiger partial charge is 0.0346 e. The number of hydrogen-bond acceptors (Lipinski definition) is 3. The molecular weight excluding hydrogens is 294 g/mol. The number of nitrogens with zero attached hydrogens (tertiary/aromatic N) is 3. The predicted octanol–water partition coefficient (Wildman–Crippen LogP) is 3.89. The molecule has 3 nitrogen and oxygen atoms in total. The lowest BCUT2D eigenvalue weighted by Gasteiger charge is -2.35. The second kappa shape index (κ2) is 7.45. The Bertz CT molecular complexity index is 667. The molecule has 1 aliphatic heterocycles. The molecule has 1 fully saturated rings. The molecule has 0 unspecified atom stereocenters. The van der Waals surface area contributed by atoms with Crippen molar-refractivity contribution >= 4 is 0 Å². The van der Waals surface area contributed by atoms with Gasteiger partial charge in [-0.15, -0.1) is 0 Å². The van der Waals surface area contributed by atoms with Crippen molar-refractivity contribution in [3.63, 3.8) is 0 Å². The van der Waals surface area contributed by atoms with E-state index in [-0.39, 0.29) is 0 Å². The molecular formula is C21H29N3. The normalized spacial score (nSPS) is 16.7. The van der Waals surface area contributed by atoms with Gasteiger partial charge in [0.2, 0.25) is 0 Å². The zero-order valence-corrected chi connectivity index (χ0v) is 15.4. The molecule has 0 bridgehead atoms. The molecule has 3 heteroatoms. The van der Waals surface area contributed by atoms with Gasteiger partial charge in [-0.3, -0.25) is 9.88 Å². The van der Waals surface area contributed by atoms with Crippen molar-refractivity contribution < 1.29 is 0 Å². The average Bonchev–Trinajstić information content (AvgIpc) is 2.55. The Balaban J connectivity index is 1.73. The van der Waals surface area contributed by atoms with Gasteiger partial charge in [-0.2, -0.15) is 0 Å². The Morgan fingerprint density at radius 3 is 2.33 bits per heavy atom. The van der Waals surface area contributed by atoms with Crippen LogP contribution in [0.5, 0.6) is 0 Å². The standard InChI is InChI=1S/C21H29N3/c1-16-9-17(2)11-19(10-16)20-12-18(13-22-14-20)15-24(4)21-5-7-23(3)8-6-21/h9-14,21H,5-8,15H2,1-4H3. The molecule has 3 rings (SSSR count). The number of aryl methyl sites for hydroxylation is 2. The first-order valence-electron chi connectivity index (χ1n) is 8.92. The summed E-state index contributed by atoms with van der Waals surface area (Å²) in [7, 11) is 4.47. The van der Waals surface area contributed by atoms with Crippen LogP contribution in [0, 0.1) is 13.8 Å². The largest absolute Gasteiger partial charge is 0.306 e. The molecule has 24 heavy (non-hydrogen) atoms. The van der Waals surface area contributed by atoms with Gasteiger partial charge in [-0.25, -0.2) is 0 Å². The number of piperidine rings is 1. The maximum atomic E-state index is 4.50. The van der Waals surface area contributed by atoms with Crippen molar-refractivity contribution in [2.45, 2.75) is 39.3 Å². The third kappa shape index (κ3) is 4.22. The lowest BCUT2D eigenvalue weighted by atomic mass is 10.0. The minimum atomic E-state index is 0.686. The van der Waals surface area contributed by atoms with Gasteiger partial charge in [0.15, 0.2) is 0 Å². The fraction of sp³-hybridized carbons (Fsp3) is 0.476. The maximum Gasteiger partial charge on any atom is 0.0346 e. The lowest BCUT2D eigenvalue weighted by Crippen LogP contribution is -2.41. The van der Waals surface area contributed by atoms with E-state index in [0.29, 0.717) is 6.04 Å². The summed E-state index contributed by atoms with van der Waals surface area (Å²) in [4.78, 5) is 9.41. The van der Waals surface area contributed by atoms with Crippen LogP contribution in [0.2, 0.25) is 0 Å². The van der Waals surface area contributed by atoms with E-state index < -0.39 is 0 Å². The van der Waals surface area contributed by atoms with Gasteiger partial charge >= 0.3 is 0 Å². The second-order valence-corrected chi connectivity index (χ2v) is 7.41. The van der Waals surface area contributed by atoms with Crippen molar-refractivity contribution in [2.24, 2.45) is 0 Å². The summed E-state index contributed by atoms with van der Waals surface area (Å²) in [5, 5.41) is 0. The van der Waals surface area contributed by atoms with Gasteiger partial charge in [-0.05, 0) is 71.1 Å². The van der Waals surface area contributed by atoms with Crippen LogP contribution >= 0.6 is 0 Å². The van der Waals surface area contributed by atoms with Crippen molar-refractivity contribution in [3.05, 3.63) is 53.3 Å². The molecule has 0 atom stereocenters. The van der Waals surface area contributed by atoms with Crippen molar-refractivity contribution in [1.29, 1.82) is 0 Å². The highest BCUT2D eigenvalue weighted by Crippen LogP contribution is 2.23. The van der Waals surface area contributed by atoms with Crippen LogP contribution in [0.4, 0.5) is 0 Å². The van der Waals surface area contributed by atoms with E-state index in [1.165, 1.54) is 53.7 Å². The summed E-state index contributed by atoms with van der Waals surface area (Å²) >= 11 is 0. The summed E-state index contributed by atoms with van der Waals surface area (Å²) in [5.41, 5.74) is 6.39. The van der Waals surface area contributed by atoms with Crippen LogP contribution in [-0.2, 0) is 6.54 Å². The van der Waals surface area contributed by atoms with Gasteiger partial charge in [0.05, 0.1) is 0 Å². The highest BCUT2D eigenvalue weighted by molar-refractivity contribution is 5.64. The molecule has 0 aliphatic carbocycles. The Hall–Kier alpha value is -1.71. The third-order valence-electron chi connectivity index (χ3n) is 5.09. The first kappa shape index (κ1) is 17.1. The maximum absolute atomic E-state index is 4.50. The Morgan fingerprint density at radius 2 is 1.67 bits per heavy atom. The third-order valence-corrected chi connectivity index (χ3v) is 5.09. The monoisotopic (exact) mass is 323 g/mol. The van der Waals surface area contributed by atoms with Crippen LogP contribution in [0.3, 0.4) is 0 Å². The second-order valence-electron chi connectivity index (χ2n) is 7.41. The fourth-order valence-electron chi connectivity index (χ4n) is 3.73. The van der Waals surface area contributed by atoms with Gasteiger partial charge in [0.25, 0.3) is 0 Å². The molecule has 0 spiro atoms. The molecule has 0 radical (unpaired) electrons. The predicted molar refractivity (Wildman–Crippen MR) is 101 cm³/mol. The lowest BCUT2D eigenvalue weighted by molar-refractivity contribution is 0.139. The van der Waals surface area contributed by atoms with Crippen LogP contribution in [0.25, 0.3) is 11.1 Å². The van der Waals surface area contributed by atoms with E-state index in [1.54, 1.807) is 0 Å². The van der Waals surface area contributed by atoms with E-state index in [4.69, 9.17) is 0 Å². The van der Waals surface area contributed by atoms with Gasteiger partial charge in [-0.1, -0.05) is 29.3 Å². The molecule has 1 saturated heterocycles. The summed E-state index contributed by atoms with van der Waals surface area (Å²) in [6, 6.07) is 9.69. The van der Waals surface area contributed by atoms with Crippen molar-refractivity contribution in [1.82, 2.24) is 14.8 Å². The summed E-state index contributed by atoms with van der Waals surface area (Å²) in [6.07, 6.45) is 6.51. The van der Waals surface area contributed by atoms with E-state index in [2.05, 4.69) is 67.0 Å². The molecule has 128 valence electrons. The summed E-state index contributed by atoms with van der Waals surface area (Å²) < 4.78 is 0. The van der Waals surface area contributed by atoms with E-state index >= 15 is 0 Å². The molecule has 1 aromatic carbocycles. The summed E-state index contributed by atoms with van der Waals surface area (Å²) in [5.74, 6) is 0. The Kier molecular flexibility index (Phi) is 5.32. The van der Waals surface area contributed by atoms with Gasteiger partial charge in [0.1, 0.15) is 0 Å². The topological polar surface area (TPSA) is 19.4 Å². The quantitative estimate of drug-likeness (QED) is 0.851. The van der Waals surface area contributed by atoms with Crippen LogP contribution < -0.4 is 0 Å². The van der Waals surface area contributed by atoms with Crippen molar-refractivity contribution in [2.75, 3.05) is 27.2 Å². The number of hydrogen-bond donors (Lipinski definition) is 0. The number of rotatable bonds is 4. The molecule has 0 saturated carbocycles. The van der Waals surface area contributed by atoms with Crippen molar-refractivity contribution in [3.8, 4) is 11.1 Å². The number of benzene rings is 1. The summed E-state index contributed by atoms with van der Waals surface area (Å²) in [6.45, 7) is 7.69. The minimum absolute atomic E-state index is 0.686. The van der Waals surface area contributed by atoms with E-state index in [9.17, 15) is 0 Å². The molecule has 2 heterocycles. The van der Waals surface area contributed by atoms with E-state index in [0.717, 1.165) is 6.54 Å². The molecule has 0 N–H and O–H groups in total. The molecule has 1 aromatic heterocycles. The number of aromatic nitrogens is 1. The zero-order valence-electron chi connectivity index (χ0n) is 15.4. The fourth-order valence-corrected chi connectivity index (χ4v) is 3.73. The van der Waals surface area contributed by atoms with Gasteiger partial charge in [0, 0.05) is 30.5 Å². The number of pyridine rings is 1.